The summed E-state index contributed by atoms with van der Waals surface area (Å²) in [4.78, 5) is 10.7. The van der Waals surface area contributed by atoms with E-state index in [9.17, 15) is 17.6 Å². The van der Waals surface area contributed by atoms with E-state index >= 15 is 0 Å². The highest BCUT2D eigenvalue weighted by molar-refractivity contribution is 7.86. The van der Waals surface area contributed by atoms with E-state index < -0.39 is 21.9 Å². The van der Waals surface area contributed by atoms with Gasteiger partial charge < -0.3 is 14.0 Å². The molecule has 0 atom stereocenters. The second-order valence-electron chi connectivity index (χ2n) is 7.86. The molecule has 0 amide bonds. The third kappa shape index (κ3) is 6.79. The Morgan fingerprint density at radius 2 is 1.70 bits per heavy atom. The Bertz CT molecular complexity index is 1260. The minimum atomic E-state index is -3.61. The average molecular weight is 473 g/mol. The molecule has 0 aliphatic carbocycles. The molecule has 3 aromatic rings. The lowest BCUT2D eigenvalue weighted by atomic mass is 9.94. The van der Waals surface area contributed by atoms with Crippen LogP contribution in [0.5, 0.6) is 11.5 Å². The van der Waals surface area contributed by atoms with Gasteiger partial charge in [-0.3, -0.25) is 4.79 Å². The first kappa shape index (κ1) is 24.3. The molecule has 1 N–H and O–H groups in total. The summed E-state index contributed by atoms with van der Waals surface area (Å²) in [5, 5.41) is 8.75. The maximum absolute atomic E-state index is 14.2. The predicted molar refractivity (Wildman–Crippen MR) is 124 cm³/mol. The molecule has 0 spiro atoms. The van der Waals surface area contributed by atoms with Crippen LogP contribution in [0.25, 0.3) is 11.1 Å². The van der Waals surface area contributed by atoms with Gasteiger partial charge in [0.25, 0.3) is 0 Å². The number of hydrogen-bond donors (Lipinski definition) is 1. The number of carbonyl (C=O) groups is 1. The Hall–Kier alpha value is -3.39. The molecule has 0 radical (unpaired) electrons. The van der Waals surface area contributed by atoms with Gasteiger partial charge in [-0.2, -0.15) is 8.42 Å². The van der Waals surface area contributed by atoms with E-state index in [1.165, 1.54) is 12.1 Å². The molecule has 6 nitrogen and oxygen atoms in total. The normalized spacial score (nSPS) is 11.3. The number of carboxylic acids is 1. The van der Waals surface area contributed by atoms with Gasteiger partial charge in [0.2, 0.25) is 0 Å². The first-order valence-electron chi connectivity index (χ1n) is 10.2. The molecule has 0 unspecified atom stereocenters. The Labute approximate surface area is 192 Å². The number of rotatable bonds is 9. The van der Waals surface area contributed by atoms with E-state index in [-0.39, 0.29) is 25.2 Å². The summed E-state index contributed by atoms with van der Waals surface area (Å²) in [5.74, 6) is -0.848. The lowest BCUT2D eigenvalue weighted by Gasteiger charge is -2.14. The van der Waals surface area contributed by atoms with Crippen LogP contribution in [0.15, 0.2) is 54.6 Å². The van der Waals surface area contributed by atoms with Gasteiger partial charge in [-0.05, 0) is 77.9 Å². The fourth-order valence-corrected chi connectivity index (χ4v) is 4.09. The van der Waals surface area contributed by atoms with Crippen molar-refractivity contribution >= 4 is 16.1 Å². The number of benzene rings is 3. The van der Waals surface area contributed by atoms with Crippen LogP contribution in [-0.4, -0.2) is 25.7 Å². The average Bonchev–Trinajstić information content (AvgIpc) is 2.70. The molecule has 8 heteroatoms. The lowest BCUT2D eigenvalue weighted by Crippen LogP contribution is -2.06. The predicted octanol–water partition coefficient (Wildman–Crippen LogP) is 5.04. The standard InChI is InChI=1S/C25H25FO6S/c1-16-11-22(32-33(3,29)30)12-17(2)25(16)20-6-4-5-18(13-20)15-31-21-9-7-19(23(26)14-21)8-10-24(27)28/h4-7,9,11-14H,8,10,15H2,1-3H3,(H,27,28). The minimum absolute atomic E-state index is 0.121. The lowest BCUT2D eigenvalue weighted by molar-refractivity contribution is -0.136. The topological polar surface area (TPSA) is 89.9 Å². The maximum atomic E-state index is 14.2. The highest BCUT2D eigenvalue weighted by Gasteiger charge is 2.12. The van der Waals surface area contributed by atoms with Gasteiger partial charge in [0.1, 0.15) is 23.9 Å². The van der Waals surface area contributed by atoms with Crippen LogP contribution in [0.4, 0.5) is 4.39 Å². The zero-order chi connectivity index (χ0) is 24.2. The molecule has 0 fully saturated rings. The van der Waals surface area contributed by atoms with Gasteiger partial charge in [-0.1, -0.05) is 24.3 Å². The second kappa shape index (κ2) is 10.0. The zero-order valence-corrected chi connectivity index (χ0v) is 19.4. The van der Waals surface area contributed by atoms with Crippen LogP contribution in [0.1, 0.15) is 28.7 Å². The van der Waals surface area contributed by atoms with Crippen LogP contribution in [0, 0.1) is 19.7 Å². The quantitative estimate of drug-likeness (QED) is 0.439. The molecule has 0 aliphatic heterocycles. The van der Waals surface area contributed by atoms with Gasteiger partial charge in [0, 0.05) is 12.5 Å². The van der Waals surface area contributed by atoms with Crippen molar-refractivity contribution in [2.75, 3.05) is 6.26 Å². The first-order chi connectivity index (χ1) is 15.5. The van der Waals surface area contributed by atoms with Crippen molar-refractivity contribution in [3.8, 4) is 22.6 Å². The van der Waals surface area contributed by atoms with Crippen LogP contribution < -0.4 is 8.92 Å². The van der Waals surface area contributed by atoms with Crippen LogP contribution in [-0.2, 0) is 27.9 Å². The molecule has 3 rings (SSSR count). The summed E-state index contributed by atoms with van der Waals surface area (Å²) >= 11 is 0. The highest BCUT2D eigenvalue weighted by atomic mass is 32.2. The summed E-state index contributed by atoms with van der Waals surface area (Å²) in [5.41, 5.74) is 4.84. The van der Waals surface area contributed by atoms with E-state index in [4.69, 9.17) is 14.0 Å². The fraction of sp³-hybridized carbons (Fsp3) is 0.240. The van der Waals surface area contributed by atoms with Crippen molar-refractivity contribution in [2.24, 2.45) is 0 Å². The molecule has 0 aromatic heterocycles. The summed E-state index contributed by atoms with van der Waals surface area (Å²) in [7, 11) is -3.61. The molecular weight excluding hydrogens is 447 g/mol. The summed E-state index contributed by atoms with van der Waals surface area (Å²) in [6, 6.07) is 15.5. The number of ether oxygens (including phenoxy) is 1. The van der Waals surface area contributed by atoms with E-state index in [2.05, 4.69) is 0 Å². The monoisotopic (exact) mass is 472 g/mol. The Balaban J connectivity index is 1.75. The number of carboxylic acid groups (broad SMARTS) is 1. The van der Waals surface area contributed by atoms with Gasteiger partial charge in [-0.25, -0.2) is 4.39 Å². The van der Waals surface area contributed by atoms with Gasteiger partial charge in [0.15, 0.2) is 0 Å². The molecule has 0 saturated carbocycles. The molecule has 174 valence electrons. The molecule has 0 heterocycles. The van der Waals surface area contributed by atoms with Crippen molar-refractivity contribution in [1.82, 2.24) is 0 Å². The van der Waals surface area contributed by atoms with Crippen molar-refractivity contribution in [3.63, 3.8) is 0 Å². The van der Waals surface area contributed by atoms with E-state index in [0.717, 1.165) is 34.1 Å². The van der Waals surface area contributed by atoms with E-state index in [1.54, 1.807) is 18.2 Å². The molecule has 33 heavy (non-hydrogen) atoms. The Morgan fingerprint density at radius 3 is 2.30 bits per heavy atom. The highest BCUT2D eigenvalue weighted by Crippen LogP contribution is 2.32. The van der Waals surface area contributed by atoms with Crippen LogP contribution in [0.3, 0.4) is 0 Å². The molecule has 0 bridgehead atoms. The summed E-state index contributed by atoms with van der Waals surface area (Å²) in [6.45, 7) is 3.99. The minimum Gasteiger partial charge on any atom is -0.489 e. The Kier molecular flexibility index (Phi) is 7.38. The van der Waals surface area contributed by atoms with Crippen LogP contribution in [0.2, 0.25) is 0 Å². The van der Waals surface area contributed by atoms with Gasteiger partial charge in [0.05, 0.1) is 6.26 Å². The summed E-state index contributed by atoms with van der Waals surface area (Å²) < 4.78 is 47.8. The number of aliphatic carboxylic acids is 1. The van der Waals surface area contributed by atoms with Gasteiger partial charge in [-0.15, -0.1) is 0 Å². The molecule has 0 aliphatic rings. The van der Waals surface area contributed by atoms with Crippen molar-refractivity contribution < 1.29 is 31.6 Å². The smallest absolute Gasteiger partial charge is 0.306 e. The first-order valence-corrected chi connectivity index (χ1v) is 12.1. The van der Waals surface area contributed by atoms with E-state index in [0.29, 0.717) is 11.3 Å². The second-order valence-corrected chi connectivity index (χ2v) is 9.43. The maximum Gasteiger partial charge on any atom is 0.306 e. The molecule has 0 saturated heterocycles. The largest absolute Gasteiger partial charge is 0.489 e. The third-order valence-electron chi connectivity index (χ3n) is 5.01. The Morgan fingerprint density at radius 1 is 1.00 bits per heavy atom. The number of halogens is 1. The molecular formula is C25H25FO6S. The third-order valence-corrected chi connectivity index (χ3v) is 5.50. The number of aryl methyl sites for hydroxylation is 3. The summed E-state index contributed by atoms with van der Waals surface area (Å²) in [6.07, 6.45) is 0.991. The van der Waals surface area contributed by atoms with Crippen molar-refractivity contribution in [2.45, 2.75) is 33.3 Å². The molecule has 3 aromatic carbocycles. The number of hydrogen-bond acceptors (Lipinski definition) is 5. The van der Waals surface area contributed by atoms with Gasteiger partial charge >= 0.3 is 16.1 Å². The fourth-order valence-electron chi connectivity index (χ4n) is 3.65. The SMILES string of the molecule is Cc1cc(OS(C)(=O)=O)cc(C)c1-c1cccc(COc2ccc(CCC(=O)O)c(F)c2)c1. The van der Waals surface area contributed by atoms with Crippen molar-refractivity contribution in [1.29, 1.82) is 0 Å². The van der Waals surface area contributed by atoms with E-state index in [1.807, 2.05) is 38.1 Å². The van der Waals surface area contributed by atoms with Crippen LogP contribution >= 0.6 is 0 Å². The zero-order valence-electron chi connectivity index (χ0n) is 18.6. The van der Waals surface area contributed by atoms with Crippen molar-refractivity contribution in [3.05, 3.63) is 82.7 Å².